The highest BCUT2D eigenvalue weighted by Gasteiger charge is 2.21. The van der Waals surface area contributed by atoms with Gasteiger partial charge in [-0.15, -0.1) is 0 Å². The van der Waals surface area contributed by atoms with Crippen LogP contribution in [0.4, 0.5) is 5.69 Å². The van der Waals surface area contributed by atoms with Crippen molar-refractivity contribution in [1.29, 1.82) is 0 Å². The fourth-order valence-corrected chi connectivity index (χ4v) is 4.00. The first-order valence-corrected chi connectivity index (χ1v) is 10.4. The topological polar surface area (TPSA) is 78.4 Å². The van der Waals surface area contributed by atoms with Crippen LogP contribution in [-0.2, 0) is 11.3 Å². The van der Waals surface area contributed by atoms with Crippen LogP contribution in [0.5, 0.6) is 0 Å². The smallest absolute Gasteiger partial charge is 0.328 e. The van der Waals surface area contributed by atoms with Crippen molar-refractivity contribution in [1.82, 2.24) is 14.5 Å². The number of carbonyl (C=O) groups excluding carboxylic acids is 1. The van der Waals surface area contributed by atoms with Gasteiger partial charge in [-0.25, -0.2) is 4.79 Å². The number of nitrogens with one attached hydrogen (secondary N) is 1. The molecule has 1 aliphatic rings. The molecule has 156 valence electrons. The van der Waals surface area contributed by atoms with Crippen molar-refractivity contribution in [2.75, 3.05) is 31.1 Å². The summed E-state index contributed by atoms with van der Waals surface area (Å²) in [5.74, 6) is 0.0553. The van der Waals surface area contributed by atoms with E-state index in [1.165, 1.54) is 5.69 Å². The van der Waals surface area contributed by atoms with Crippen LogP contribution in [0.15, 0.2) is 58.1 Å². The van der Waals surface area contributed by atoms with Crippen LogP contribution in [0.25, 0.3) is 10.9 Å². The van der Waals surface area contributed by atoms with E-state index in [1.54, 1.807) is 18.2 Å². The average Bonchev–Trinajstić information content (AvgIpc) is 2.76. The number of amides is 1. The van der Waals surface area contributed by atoms with E-state index in [0.29, 0.717) is 41.9 Å². The van der Waals surface area contributed by atoms with Gasteiger partial charge in [-0.05, 0) is 36.8 Å². The molecule has 2 heterocycles. The van der Waals surface area contributed by atoms with E-state index in [0.717, 1.165) is 17.7 Å². The third-order valence-corrected chi connectivity index (χ3v) is 5.71. The Morgan fingerprint density at radius 2 is 1.73 bits per heavy atom. The molecule has 0 spiro atoms. The molecule has 1 aromatic heterocycles. The molecular weight excluding hydrogens is 404 g/mol. The minimum Gasteiger partial charge on any atom is -0.368 e. The van der Waals surface area contributed by atoms with Crippen LogP contribution in [0, 0.1) is 0 Å². The summed E-state index contributed by atoms with van der Waals surface area (Å²) in [6.45, 7) is 3.13. The van der Waals surface area contributed by atoms with Crippen LogP contribution in [0.3, 0.4) is 0 Å². The lowest BCUT2D eigenvalue weighted by atomic mass is 10.2. The van der Waals surface area contributed by atoms with E-state index in [4.69, 9.17) is 11.6 Å². The second kappa shape index (κ2) is 8.75. The standard InChI is InChI=1S/C22H23ClN4O3/c23-16-8-9-18-19(15-16)24-22(30)27(21(18)29)10-4-7-20(28)26-13-11-25(12-14-26)17-5-2-1-3-6-17/h1-3,5-6,8-9,15H,4,7,10-14H2,(H,24,30). The van der Waals surface area contributed by atoms with Gasteiger partial charge in [-0.2, -0.15) is 0 Å². The Hall–Kier alpha value is -3.06. The molecule has 0 bridgehead atoms. The van der Waals surface area contributed by atoms with Gasteiger partial charge in [0.05, 0.1) is 10.9 Å². The SMILES string of the molecule is O=C(CCCn1c(=O)[nH]c2cc(Cl)ccc2c1=O)N1CCN(c2ccccc2)CC1. The average molecular weight is 427 g/mol. The minimum absolute atomic E-state index is 0.0553. The number of fused-ring (bicyclic) bond motifs is 1. The number of H-pyrrole nitrogens is 1. The Bertz CT molecular complexity index is 1160. The summed E-state index contributed by atoms with van der Waals surface area (Å²) in [5.41, 5.74) is 0.731. The van der Waals surface area contributed by atoms with E-state index in [2.05, 4.69) is 22.0 Å². The zero-order valence-electron chi connectivity index (χ0n) is 16.5. The Morgan fingerprint density at radius 3 is 2.47 bits per heavy atom. The number of nitrogens with zero attached hydrogens (tertiary/aromatic N) is 3. The molecule has 0 unspecified atom stereocenters. The molecule has 0 atom stereocenters. The molecule has 1 saturated heterocycles. The maximum absolute atomic E-state index is 12.6. The number of rotatable bonds is 5. The second-order valence-electron chi connectivity index (χ2n) is 7.38. The molecule has 0 aliphatic carbocycles. The van der Waals surface area contributed by atoms with Crippen molar-refractivity contribution < 1.29 is 4.79 Å². The summed E-state index contributed by atoms with van der Waals surface area (Å²) in [6.07, 6.45) is 0.732. The molecule has 8 heteroatoms. The summed E-state index contributed by atoms with van der Waals surface area (Å²) in [6, 6.07) is 14.9. The lowest BCUT2D eigenvalue weighted by Gasteiger charge is -2.36. The highest BCUT2D eigenvalue weighted by molar-refractivity contribution is 6.31. The van der Waals surface area contributed by atoms with Crippen molar-refractivity contribution in [2.24, 2.45) is 0 Å². The Labute approximate surface area is 178 Å². The van der Waals surface area contributed by atoms with Crippen molar-refractivity contribution in [3.63, 3.8) is 0 Å². The summed E-state index contributed by atoms with van der Waals surface area (Å²) < 4.78 is 1.15. The van der Waals surface area contributed by atoms with Gasteiger partial charge in [0.2, 0.25) is 5.91 Å². The van der Waals surface area contributed by atoms with Crippen LogP contribution >= 0.6 is 11.6 Å². The third kappa shape index (κ3) is 4.26. The molecular formula is C22H23ClN4O3. The first-order valence-electron chi connectivity index (χ1n) is 10.0. The van der Waals surface area contributed by atoms with Crippen LogP contribution in [0.2, 0.25) is 5.02 Å². The van der Waals surface area contributed by atoms with Crippen molar-refractivity contribution in [3.8, 4) is 0 Å². The van der Waals surface area contributed by atoms with Gasteiger partial charge in [0.15, 0.2) is 0 Å². The molecule has 1 fully saturated rings. The van der Waals surface area contributed by atoms with Crippen LogP contribution in [-0.4, -0.2) is 46.5 Å². The number of carbonyl (C=O) groups is 1. The molecule has 2 aromatic carbocycles. The number of anilines is 1. The molecule has 1 aliphatic heterocycles. The van der Waals surface area contributed by atoms with Crippen LogP contribution < -0.4 is 16.1 Å². The van der Waals surface area contributed by atoms with Gasteiger partial charge in [0.25, 0.3) is 5.56 Å². The van der Waals surface area contributed by atoms with E-state index in [1.807, 2.05) is 23.1 Å². The van der Waals surface area contributed by atoms with E-state index in [-0.39, 0.29) is 18.0 Å². The molecule has 30 heavy (non-hydrogen) atoms. The van der Waals surface area contributed by atoms with Gasteiger partial charge < -0.3 is 14.8 Å². The van der Waals surface area contributed by atoms with E-state index in [9.17, 15) is 14.4 Å². The summed E-state index contributed by atoms with van der Waals surface area (Å²) >= 11 is 5.92. The Morgan fingerprint density at radius 1 is 1.00 bits per heavy atom. The molecule has 4 rings (SSSR count). The zero-order valence-corrected chi connectivity index (χ0v) is 17.3. The van der Waals surface area contributed by atoms with Gasteiger partial charge in [-0.1, -0.05) is 29.8 Å². The van der Waals surface area contributed by atoms with Gasteiger partial charge in [0, 0.05) is 49.9 Å². The van der Waals surface area contributed by atoms with Gasteiger partial charge in [0.1, 0.15) is 0 Å². The number of hydrogen-bond acceptors (Lipinski definition) is 4. The zero-order chi connectivity index (χ0) is 21.1. The Balaban J connectivity index is 1.34. The van der Waals surface area contributed by atoms with Crippen molar-refractivity contribution in [3.05, 3.63) is 74.4 Å². The van der Waals surface area contributed by atoms with Crippen molar-refractivity contribution in [2.45, 2.75) is 19.4 Å². The number of para-hydroxylation sites is 1. The summed E-state index contributed by atoms with van der Waals surface area (Å²) in [7, 11) is 0. The van der Waals surface area contributed by atoms with Gasteiger partial charge >= 0.3 is 5.69 Å². The number of aromatic amines is 1. The maximum atomic E-state index is 12.6. The number of hydrogen-bond donors (Lipinski definition) is 1. The summed E-state index contributed by atoms with van der Waals surface area (Å²) in [4.78, 5) is 44.3. The number of benzene rings is 2. The van der Waals surface area contributed by atoms with Crippen LogP contribution in [0.1, 0.15) is 12.8 Å². The second-order valence-corrected chi connectivity index (χ2v) is 7.82. The summed E-state index contributed by atoms with van der Waals surface area (Å²) in [5, 5.41) is 0.857. The highest BCUT2D eigenvalue weighted by Crippen LogP contribution is 2.16. The number of halogens is 1. The molecule has 7 nitrogen and oxygen atoms in total. The molecule has 3 aromatic rings. The minimum atomic E-state index is -0.487. The number of piperazine rings is 1. The first-order chi connectivity index (χ1) is 14.5. The lowest BCUT2D eigenvalue weighted by molar-refractivity contribution is -0.131. The molecule has 1 amide bonds. The fraction of sp³-hybridized carbons (Fsp3) is 0.318. The molecule has 0 saturated carbocycles. The molecule has 1 N–H and O–H groups in total. The van der Waals surface area contributed by atoms with Crippen molar-refractivity contribution >= 4 is 34.1 Å². The largest absolute Gasteiger partial charge is 0.368 e. The predicted molar refractivity (Wildman–Crippen MR) is 118 cm³/mol. The highest BCUT2D eigenvalue weighted by atomic mass is 35.5. The normalized spacial score (nSPS) is 14.3. The fourth-order valence-electron chi connectivity index (χ4n) is 3.83. The Kier molecular flexibility index (Phi) is 5.90. The maximum Gasteiger partial charge on any atom is 0.328 e. The number of aromatic nitrogens is 2. The van der Waals surface area contributed by atoms with E-state index < -0.39 is 5.69 Å². The quantitative estimate of drug-likeness (QED) is 0.679. The van der Waals surface area contributed by atoms with Gasteiger partial charge in [-0.3, -0.25) is 14.2 Å². The third-order valence-electron chi connectivity index (χ3n) is 5.47. The monoisotopic (exact) mass is 426 g/mol. The predicted octanol–water partition coefficient (Wildman–Crippen LogP) is 2.47. The lowest BCUT2D eigenvalue weighted by Crippen LogP contribution is -2.48. The molecule has 0 radical (unpaired) electrons. The van der Waals surface area contributed by atoms with E-state index >= 15 is 0 Å². The first kappa shape index (κ1) is 20.2.